The average molecular weight is 1500 g/mol. The maximum Gasteiger partial charge on any atom is 0.269 e. The Morgan fingerprint density at radius 1 is 0.593 bits per heavy atom. The van der Waals surface area contributed by atoms with Gasteiger partial charge in [-0.05, 0) is 304 Å². The number of guanidine groups is 1. The highest BCUT2D eigenvalue weighted by Gasteiger charge is 2.68. The number of nitro benzene ring substituents is 1. The molecule has 18 N–H and O–H groups in total. The number of hydrogen-bond donors (Lipinski definition) is 13. The number of aliphatic imine (C=N–C) groups is 1. The zero-order valence-electron chi connectivity index (χ0n) is 62.0. The van der Waals surface area contributed by atoms with E-state index in [4.69, 9.17) is 34.1 Å². The number of nitrogen functional groups attached to an aromatic ring is 2. The third-order valence-electron chi connectivity index (χ3n) is 26.8. The van der Waals surface area contributed by atoms with Crippen LogP contribution in [-0.4, -0.2) is 159 Å². The Morgan fingerprint density at radius 2 is 1.02 bits per heavy atom. The molecule has 576 valence electrons. The molecule has 6 saturated carbocycles. The van der Waals surface area contributed by atoms with Crippen molar-refractivity contribution in [2.24, 2.45) is 45.7 Å². The number of fused-ring (bicyclic) bond motifs is 3. The summed E-state index contributed by atoms with van der Waals surface area (Å²) in [4.78, 5) is 21.3. The van der Waals surface area contributed by atoms with Gasteiger partial charge in [0.2, 0.25) is 5.96 Å². The van der Waals surface area contributed by atoms with E-state index in [1.54, 1.807) is 24.5 Å². The smallest absolute Gasteiger partial charge is 0.269 e. The van der Waals surface area contributed by atoms with Crippen molar-refractivity contribution in [2.45, 2.75) is 211 Å². The van der Waals surface area contributed by atoms with Gasteiger partial charge in [-0.3, -0.25) is 30.2 Å². The summed E-state index contributed by atoms with van der Waals surface area (Å²) in [7, 11) is 0. The minimum Gasteiger partial charge on any atom is -0.508 e. The minimum atomic E-state index is -0.768. The molecular formula is C84H109ClFN15O7. The predicted molar refractivity (Wildman–Crippen MR) is 423 cm³/mol. The molecule has 0 spiro atoms. The Hall–Kier alpha value is -8.39. The molecule has 12 atom stereocenters. The lowest BCUT2D eigenvalue weighted by Crippen LogP contribution is -2.74. The summed E-state index contributed by atoms with van der Waals surface area (Å²) in [5, 5.41) is 85.5. The lowest BCUT2D eigenvalue weighted by molar-refractivity contribution is -0.384. The number of nitrogens with two attached hydrogens (primary N) is 5. The van der Waals surface area contributed by atoms with Gasteiger partial charge in [0.05, 0.1) is 27.4 Å². The third kappa shape index (κ3) is 15.0. The van der Waals surface area contributed by atoms with E-state index < -0.39 is 27.5 Å². The third-order valence-corrected chi connectivity index (χ3v) is 26.8. The fraction of sp³-hybridized carbons (Fsp3) is 0.512. The average Bonchev–Trinajstić information content (AvgIpc) is 1.02. The first-order valence-corrected chi connectivity index (χ1v) is 39.1. The number of aromatic hydroxyl groups is 2. The van der Waals surface area contributed by atoms with Crippen LogP contribution in [0.1, 0.15) is 155 Å². The van der Waals surface area contributed by atoms with Crippen molar-refractivity contribution in [2.75, 3.05) is 55.6 Å². The fourth-order valence-corrected chi connectivity index (χ4v) is 21.1. The van der Waals surface area contributed by atoms with Gasteiger partial charge in [-0.25, -0.2) is 14.1 Å². The van der Waals surface area contributed by atoms with Crippen LogP contribution in [0.2, 0.25) is 0 Å². The first-order chi connectivity index (χ1) is 51.3. The van der Waals surface area contributed by atoms with Crippen LogP contribution in [0.15, 0.2) is 151 Å². The number of anilines is 3. The number of hydrogen-bond acceptors (Lipinski definition) is 17. The molecule has 12 aliphatic rings. The van der Waals surface area contributed by atoms with Crippen LogP contribution in [0, 0.1) is 46.0 Å². The van der Waals surface area contributed by atoms with Gasteiger partial charge in [0.15, 0.2) is 5.96 Å². The molecule has 24 heteroatoms. The highest BCUT2D eigenvalue weighted by molar-refractivity contribution is 5.85. The van der Waals surface area contributed by atoms with Gasteiger partial charge >= 0.3 is 0 Å². The summed E-state index contributed by atoms with van der Waals surface area (Å²) in [5.74, 6) is 2.63. The number of halogens is 2. The molecule has 0 radical (unpaired) electrons. The lowest BCUT2D eigenvalue weighted by atomic mass is 9.49. The largest absolute Gasteiger partial charge is 0.508 e. The number of aliphatic hydroxyl groups is 3. The second-order valence-electron chi connectivity index (χ2n) is 33.5. The quantitative estimate of drug-likeness (QED) is 0.0178. The molecule has 6 bridgehead atoms. The Kier molecular flexibility index (Phi) is 21.5. The van der Waals surface area contributed by atoms with Gasteiger partial charge in [-0.2, -0.15) is 5.10 Å². The highest BCUT2D eigenvalue weighted by Crippen LogP contribution is 2.62. The monoisotopic (exact) mass is 1490 g/mol. The predicted octanol–water partition coefficient (Wildman–Crippen LogP) is 10.9. The summed E-state index contributed by atoms with van der Waals surface area (Å²) in [6.45, 7) is 8.78. The first kappa shape index (κ1) is 76.4. The van der Waals surface area contributed by atoms with Crippen LogP contribution in [0.4, 0.5) is 32.8 Å². The number of benzene rings is 6. The number of phenolic OH excluding ortho intramolecular Hbond substituents is 2. The van der Waals surface area contributed by atoms with E-state index in [1.165, 1.54) is 83.1 Å². The fourth-order valence-electron chi connectivity index (χ4n) is 21.1. The Bertz CT molecular complexity index is 4390. The number of piperidine rings is 3. The molecule has 7 aromatic rings. The lowest BCUT2D eigenvalue weighted by Gasteiger charge is -2.65. The number of nitro groups is 1. The van der Waals surface area contributed by atoms with Crippen LogP contribution in [-0.2, 0) is 35.5 Å². The number of likely N-dealkylation sites (tertiary alicyclic amines) is 3. The van der Waals surface area contributed by atoms with Crippen molar-refractivity contribution >= 4 is 52.8 Å². The standard InChI is InChI=1S/C27H35N5O2.C26H33N3O2.C21H30N2O.C6H4FNO2.C4H6N4.ClH/c28-25(29)31-20-6-4-19(5-7-20)30-21-9-10-27(34)24-13-18-3-8-22(33)14-23(18)26(27,15-21)11-12-32(24)16-17-1-2-17;27-19-4-6-20(7-5-19)28-21-9-10-26(31)24-13-18-3-8-22(30)14-23(18)25(26,15-21)11-12-29(24)16-17-1-2-17;1-14-2-5-16-11-19-21(24)7-6-17(22)12-20(21,18(16)10-14)8-9-23(19)13-15-3-4-15;7-5-1-3-6(4-2-5)8(9)10;5-4(6)8-3-1-2-7-8;/h3-8,14,17,21,24,30,33-34H,1-2,9-13,15-16H2,(H4,28,29,31);3-8,14,17,21,24,28,30-31H,1-2,9-13,15-16,27H2;2,5,10,15,17,19,24H,3-4,6-9,11-13,22H2,1H3;1-4H;1-3H,(H3,5,6);1H/t21-,24-,26-,27-;21-,24-,25-,26-;17-,19-,20-,21-;;;/m111.../s1. The van der Waals surface area contributed by atoms with Crippen molar-refractivity contribution in [3.05, 3.63) is 201 Å². The summed E-state index contributed by atoms with van der Waals surface area (Å²) in [6.07, 6.45) is 24.9. The first-order valence-electron chi connectivity index (χ1n) is 39.1. The number of phenols is 2. The molecule has 19 rings (SSSR count). The molecule has 9 fully saturated rings. The molecule has 108 heavy (non-hydrogen) atoms. The van der Waals surface area contributed by atoms with E-state index in [-0.39, 0.29) is 82.5 Å². The van der Waals surface area contributed by atoms with Crippen molar-refractivity contribution in [1.29, 1.82) is 5.41 Å². The number of nitrogens with zero attached hydrogens (tertiary/aromatic N) is 7. The van der Waals surface area contributed by atoms with E-state index in [1.807, 2.05) is 66.7 Å². The topological polar surface area (TPSA) is 362 Å². The van der Waals surface area contributed by atoms with E-state index >= 15 is 0 Å². The van der Waals surface area contributed by atoms with Crippen LogP contribution in [0.25, 0.3) is 0 Å². The Labute approximate surface area is 638 Å². The normalized spacial score (nSPS) is 30.9. The van der Waals surface area contributed by atoms with E-state index in [0.29, 0.717) is 11.5 Å². The van der Waals surface area contributed by atoms with Gasteiger partial charge < -0.3 is 64.8 Å². The van der Waals surface area contributed by atoms with Crippen molar-refractivity contribution in [1.82, 2.24) is 24.5 Å². The second kappa shape index (κ2) is 30.5. The van der Waals surface area contributed by atoms with E-state index in [9.17, 15) is 40.0 Å². The van der Waals surface area contributed by atoms with Crippen LogP contribution >= 0.6 is 12.4 Å². The molecule has 6 aromatic carbocycles. The van der Waals surface area contributed by atoms with E-state index in [2.05, 4.69) is 72.7 Å². The molecule has 0 amide bonds. The summed E-state index contributed by atoms with van der Waals surface area (Å²) < 4.78 is 13.4. The van der Waals surface area contributed by atoms with Crippen molar-refractivity contribution in [3.8, 4) is 11.5 Å². The van der Waals surface area contributed by atoms with Gasteiger partial charge in [0.1, 0.15) is 17.3 Å². The number of non-ortho nitro benzene ring substituents is 1. The number of nitrogens with one attached hydrogen (secondary N) is 3. The molecule has 3 aliphatic heterocycles. The van der Waals surface area contributed by atoms with Crippen molar-refractivity contribution in [3.63, 3.8) is 0 Å². The maximum absolute atomic E-state index is 12.4. The number of rotatable bonds is 12. The Balaban J connectivity index is 0.000000122. The van der Waals surface area contributed by atoms with Crippen molar-refractivity contribution < 1.29 is 34.8 Å². The number of aryl methyl sites for hydroxylation is 1. The van der Waals surface area contributed by atoms with E-state index in [0.717, 1.165) is 199 Å². The maximum atomic E-state index is 12.4. The highest BCUT2D eigenvalue weighted by atomic mass is 35.5. The molecular weight excluding hydrogens is 1390 g/mol. The molecule has 4 heterocycles. The van der Waals surface area contributed by atoms with Gasteiger partial charge in [-0.1, -0.05) is 35.9 Å². The molecule has 0 unspecified atom stereocenters. The number of aromatic nitrogens is 2. The van der Waals surface area contributed by atoms with Gasteiger partial charge in [0, 0.05) is 114 Å². The molecule has 9 aliphatic carbocycles. The Morgan fingerprint density at radius 3 is 1.43 bits per heavy atom. The SMILES string of the molecule is Cc1ccc2c(c1)[C@]13CCN(CC4CC4)[C@H](C2)[C@]1(O)CC[C@@H](N)C3.Cl.N=C(N)n1cccn1.NC(N)=Nc1ccc(N[C@@H]2CC[C@@]3(O)[C@H]4Cc5ccc(O)cc5[C@@]3(CCN4CC3CC3)C2)cc1.Nc1ccc(N[C@@H]2CC[C@@]3(O)[C@H]4Cc5ccc(O)cc5[C@@]3(CCN4CC3CC3)C2)cc1.O=[N+]([O-])c1ccc(F)cc1. The zero-order chi connectivity index (χ0) is 74.8. The minimum absolute atomic E-state index is 0. The zero-order valence-corrected chi connectivity index (χ0v) is 62.8. The molecule has 3 saturated heterocycles. The molecule has 22 nitrogen and oxygen atoms in total. The summed E-state index contributed by atoms with van der Waals surface area (Å²) >= 11 is 0. The second-order valence-corrected chi connectivity index (χ2v) is 33.5. The van der Waals surface area contributed by atoms with Crippen LogP contribution in [0.3, 0.4) is 0 Å². The molecule has 1 aromatic heterocycles. The van der Waals surface area contributed by atoms with Gasteiger partial charge in [-0.15, -0.1) is 12.4 Å². The summed E-state index contributed by atoms with van der Waals surface area (Å²) in [5.41, 5.74) is 38.1. The summed E-state index contributed by atoms with van der Waals surface area (Å²) in [6, 6.07) is 41.7. The van der Waals surface area contributed by atoms with Crippen LogP contribution in [0.5, 0.6) is 11.5 Å². The van der Waals surface area contributed by atoms with Gasteiger partial charge in [0.25, 0.3) is 5.69 Å². The van der Waals surface area contributed by atoms with Crippen LogP contribution < -0.4 is 39.3 Å².